The standard InChI is InChI=1S/C19H22N4O4S/c24-19-20-17-8-7-16(13-18(17)21-19)28(25,26)22-14-3-5-15(6-4-14)27-12-11-23-9-1-2-10-23/h3-8,13,22H,1-2,9-12H2,(H2,20,21,24). The maximum absolute atomic E-state index is 12.6. The van der Waals surface area contributed by atoms with E-state index in [4.69, 9.17) is 4.74 Å². The molecule has 2 heterocycles. The van der Waals surface area contributed by atoms with Crippen molar-refractivity contribution in [2.45, 2.75) is 17.7 Å². The van der Waals surface area contributed by atoms with Gasteiger partial charge in [0.25, 0.3) is 10.0 Å². The third kappa shape index (κ3) is 4.20. The molecule has 9 heteroatoms. The molecule has 0 aliphatic carbocycles. The minimum absolute atomic E-state index is 0.0705. The Bertz CT molecular complexity index is 1110. The number of likely N-dealkylation sites (tertiary alicyclic amines) is 1. The molecule has 8 nitrogen and oxygen atoms in total. The molecule has 1 fully saturated rings. The number of nitrogens with one attached hydrogen (secondary N) is 3. The second kappa shape index (κ2) is 7.69. The van der Waals surface area contributed by atoms with Gasteiger partial charge in [-0.15, -0.1) is 0 Å². The van der Waals surface area contributed by atoms with Crippen LogP contribution in [0.1, 0.15) is 12.8 Å². The highest BCUT2D eigenvalue weighted by Crippen LogP contribution is 2.21. The first kappa shape index (κ1) is 18.6. The van der Waals surface area contributed by atoms with Gasteiger partial charge in [-0.2, -0.15) is 0 Å². The molecule has 3 aromatic rings. The molecule has 1 aliphatic heterocycles. The van der Waals surface area contributed by atoms with Gasteiger partial charge in [-0.1, -0.05) is 0 Å². The molecule has 0 amide bonds. The topological polar surface area (TPSA) is 107 Å². The van der Waals surface area contributed by atoms with E-state index < -0.39 is 10.0 Å². The molecule has 0 radical (unpaired) electrons. The average Bonchev–Trinajstić information content (AvgIpc) is 3.30. The molecule has 28 heavy (non-hydrogen) atoms. The quantitative estimate of drug-likeness (QED) is 0.561. The fourth-order valence-electron chi connectivity index (χ4n) is 3.31. The van der Waals surface area contributed by atoms with Gasteiger partial charge in [-0.3, -0.25) is 9.62 Å². The van der Waals surface area contributed by atoms with Crippen molar-refractivity contribution in [1.29, 1.82) is 0 Å². The van der Waals surface area contributed by atoms with Gasteiger partial charge in [0.2, 0.25) is 0 Å². The number of hydrogen-bond acceptors (Lipinski definition) is 5. The molecule has 148 valence electrons. The molecule has 1 aromatic heterocycles. The first-order valence-corrected chi connectivity index (χ1v) is 10.7. The third-order valence-electron chi connectivity index (χ3n) is 4.78. The molecule has 2 aromatic carbocycles. The molecule has 0 unspecified atom stereocenters. The number of hydrogen-bond donors (Lipinski definition) is 3. The lowest BCUT2D eigenvalue weighted by atomic mass is 10.3. The second-order valence-corrected chi connectivity index (χ2v) is 8.50. The van der Waals surface area contributed by atoms with Crippen LogP contribution in [0.2, 0.25) is 0 Å². The molecule has 0 spiro atoms. The third-order valence-corrected chi connectivity index (χ3v) is 6.16. The van der Waals surface area contributed by atoms with Gasteiger partial charge in [0, 0.05) is 12.2 Å². The zero-order valence-corrected chi connectivity index (χ0v) is 16.1. The molecule has 4 rings (SSSR count). The lowest BCUT2D eigenvalue weighted by Gasteiger charge is -2.15. The summed E-state index contributed by atoms with van der Waals surface area (Å²) in [7, 11) is -3.77. The van der Waals surface area contributed by atoms with E-state index in [2.05, 4.69) is 19.6 Å². The Morgan fingerprint density at radius 2 is 1.71 bits per heavy atom. The number of fused-ring (bicyclic) bond motifs is 1. The van der Waals surface area contributed by atoms with E-state index in [1.807, 2.05) is 0 Å². The molecular weight excluding hydrogens is 380 g/mol. The van der Waals surface area contributed by atoms with E-state index in [0.29, 0.717) is 29.1 Å². The fraction of sp³-hybridized carbons (Fsp3) is 0.316. The summed E-state index contributed by atoms with van der Waals surface area (Å²) in [6.07, 6.45) is 2.50. The van der Waals surface area contributed by atoms with Crippen molar-refractivity contribution in [3.63, 3.8) is 0 Å². The summed E-state index contributed by atoms with van der Waals surface area (Å²) < 4.78 is 33.5. The van der Waals surface area contributed by atoms with Crippen molar-refractivity contribution >= 4 is 26.7 Å². The molecule has 0 saturated carbocycles. The van der Waals surface area contributed by atoms with Crippen LogP contribution in [-0.2, 0) is 10.0 Å². The number of ether oxygens (including phenoxy) is 1. The lowest BCUT2D eigenvalue weighted by Crippen LogP contribution is -2.25. The number of rotatable bonds is 7. The van der Waals surface area contributed by atoms with E-state index in [1.165, 1.54) is 25.0 Å². The molecule has 1 saturated heterocycles. The maximum Gasteiger partial charge on any atom is 0.323 e. The normalized spacial score (nSPS) is 15.1. The van der Waals surface area contributed by atoms with Gasteiger partial charge in [-0.25, -0.2) is 13.2 Å². The zero-order valence-electron chi connectivity index (χ0n) is 15.3. The molecule has 0 bridgehead atoms. The minimum Gasteiger partial charge on any atom is -0.492 e. The number of sulfonamides is 1. The Labute approximate surface area is 162 Å². The van der Waals surface area contributed by atoms with Gasteiger partial charge < -0.3 is 14.7 Å². The van der Waals surface area contributed by atoms with Crippen LogP contribution in [0.4, 0.5) is 5.69 Å². The Balaban J connectivity index is 1.39. The van der Waals surface area contributed by atoms with E-state index in [9.17, 15) is 13.2 Å². The van der Waals surface area contributed by atoms with Gasteiger partial charge in [0.05, 0.1) is 15.9 Å². The highest BCUT2D eigenvalue weighted by Gasteiger charge is 2.16. The van der Waals surface area contributed by atoms with Crippen molar-refractivity contribution in [2.75, 3.05) is 31.0 Å². The molecular formula is C19H22N4O4S. The Morgan fingerprint density at radius 3 is 2.46 bits per heavy atom. The second-order valence-electron chi connectivity index (χ2n) is 6.81. The Morgan fingerprint density at radius 1 is 1.00 bits per heavy atom. The zero-order chi connectivity index (χ0) is 19.6. The van der Waals surface area contributed by atoms with E-state index >= 15 is 0 Å². The van der Waals surface area contributed by atoms with Crippen LogP contribution in [0.5, 0.6) is 5.75 Å². The van der Waals surface area contributed by atoms with Crippen LogP contribution in [0.3, 0.4) is 0 Å². The van der Waals surface area contributed by atoms with Crippen LogP contribution in [0, 0.1) is 0 Å². The summed E-state index contributed by atoms with van der Waals surface area (Å²) >= 11 is 0. The number of nitrogens with zero attached hydrogens (tertiary/aromatic N) is 1. The lowest BCUT2D eigenvalue weighted by molar-refractivity contribution is 0.238. The number of aromatic nitrogens is 2. The van der Waals surface area contributed by atoms with E-state index in [0.717, 1.165) is 19.6 Å². The van der Waals surface area contributed by atoms with Crippen molar-refractivity contribution in [3.05, 3.63) is 52.9 Å². The largest absolute Gasteiger partial charge is 0.492 e. The van der Waals surface area contributed by atoms with Crippen molar-refractivity contribution in [1.82, 2.24) is 14.9 Å². The number of benzene rings is 2. The van der Waals surface area contributed by atoms with Crippen molar-refractivity contribution in [3.8, 4) is 5.75 Å². The van der Waals surface area contributed by atoms with Crippen LogP contribution in [0.25, 0.3) is 11.0 Å². The summed E-state index contributed by atoms with van der Waals surface area (Å²) in [5, 5.41) is 0. The minimum atomic E-state index is -3.77. The highest BCUT2D eigenvalue weighted by molar-refractivity contribution is 7.92. The predicted octanol–water partition coefficient (Wildman–Crippen LogP) is 2.13. The van der Waals surface area contributed by atoms with E-state index in [1.54, 1.807) is 30.3 Å². The molecule has 0 atom stereocenters. The summed E-state index contributed by atoms with van der Waals surface area (Å²) in [4.78, 5) is 18.9. The number of aromatic amines is 2. The van der Waals surface area contributed by atoms with Crippen molar-refractivity contribution < 1.29 is 13.2 Å². The Kier molecular flexibility index (Phi) is 5.10. The van der Waals surface area contributed by atoms with Crippen LogP contribution >= 0.6 is 0 Å². The number of anilines is 1. The summed E-state index contributed by atoms with van der Waals surface area (Å²) in [5.41, 5.74) is 1.06. The predicted molar refractivity (Wildman–Crippen MR) is 107 cm³/mol. The molecule has 3 N–H and O–H groups in total. The average molecular weight is 402 g/mol. The van der Waals surface area contributed by atoms with Gasteiger partial charge in [-0.05, 0) is 68.4 Å². The first-order valence-electron chi connectivity index (χ1n) is 9.20. The van der Waals surface area contributed by atoms with Gasteiger partial charge in [0.15, 0.2) is 0 Å². The number of H-pyrrole nitrogens is 2. The fourth-order valence-corrected chi connectivity index (χ4v) is 4.40. The summed E-state index contributed by atoms with van der Waals surface area (Å²) in [5.74, 6) is 0.702. The maximum atomic E-state index is 12.6. The number of imidazole rings is 1. The SMILES string of the molecule is O=c1[nH]c2ccc(S(=O)(=O)Nc3ccc(OCCN4CCCC4)cc3)cc2[nH]1. The van der Waals surface area contributed by atoms with Crippen molar-refractivity contribution in [2.24, 2.45) is 0 Å². The molecule has 1 aliphatic rings. The van der Waals surface area contributed by atoms with E-state index in [-0.39, 0.29) is 10.6 Å². The smallest absolute Gasteiger partial charge is 0.323 e. The van der Waals surface area contributed by atoms with Crippen LogP contribution in [0.15, 0.2) is 52.2 Å². The first-order chi connectivity index (χ1) is 13.5. The van der Waals surface area contributed by atoms with Crippen LogP contribution in [-0.4, -0.2) is 49.5 Å². The monoisotopic (exact) mass is 402 g/mol. The van der Waals surface area contributed by atoms with Gasteiger partial charge in [0.1, 0.15) is 12.4 Å². The summed E-state index contributed by atoms with van der Waals surface area (Å²) in [6, 6.07) is 11.2. The summed E-state index contributed by atoms with van der Waals surface area (Å²) in [6.45, 7) is 3.77. The highest BCUT2D eigenvalue weighted by atomic mass is 32.2. The van der Waals surface area contributed by atoms with Gasteiger partial charge >= 0.3 is 5.69 Å². The Hall–Kier alpha value is -2.78. The van der Waals surface area contributed by atoms with Crippen LogP contribution < -0.4 is 15.1 Å².